The molecule has 1 aromatic heterocycles. The van der Waals surface area contributed by atoms with Crippen molar-refractivity contribution in [1.29, 1.82) is 0 Å². The van der Waals surface area contributed by atoms with E-state index in [9.17, 15) is 4.79 Å². The Morgan fingerprint density at radius 2 is 1.94 bits per heavy atom. The Bertz CT molecular complexity index is 1030. The van der Waals surface area contributed by atoms with E-state index in [1.807, 2.05) is 35.9 Å². The molecule has 164 valence electrons. The van der Waals surface area contributed by atoms with Gasteiger partial charge in [-0.05, 0) is 76.4 Å². The quantitative estimate of drug-likeness (QED) is 0.285. The van der Waals surface area contributed by atoms with E-state index in [0.717, 1.165) is 27.0 Å². The lowest BCUT2D eigenvalue weighted by molar-refractivity contribution is -0.113. The molecule has 1 N–H and O–H groups in total. The molecule has 6 nitrogen and oxygen atoms in total. The van der Waals surface area contributed by atoms with Crippen molar-refractivity contribution in [2.45, 2.75) is 44.9 Å². The molecule has 1 heterocycles. The molecule has 0 atom stereocenters. The van der Waals surface area contributed by atoms with Crippen LogP contribution in [0.2, 0.25) is 0 Å². The van der Waals surface area contributed by atoms with Crippen molar-refractivity contribution in [3.05, 3.63) is 63.0 Å². The van der Waals surface area contributed by atoms with Gasteiger partial charge in [0.15, 0.2) is 11.0 Å². The van der Waals surface area contributed by atoms with Gasteiger partial charge < -0.3 is 14.6 Å². The van der Waals surface area contributed by atoms with Crippen molar-refractivity contribution >= 4 is 45.9 Å². The summed E-state index contributed by atoms with van der Waals surface area (Å²) in [6, 6.07) is 14.1. The van der Waals surface area contributed by atoms with Crippen LogP contribution in [0.5, 0.6) is 5.75 Å². The highest BCUT2D eigenvalue weighted by molar-refractivity contribution is 14.1. The van der Waals surface area contributed by atoms with Gasteiger partial charge in [-0.15, -0.1) is 10.2 Å². The number of nitrogens with one attached hydrogen (secondary N) is 1. The van der Waals surface area contributed by atoms with Gasteiger partial charge in [0.1, 0.15) is 12.4 Å². The van der Waals surface area contributed by atoms with Crippen molar-refractivity contribution in [2.75, 3.05) is 11.1 Å². The SMILES string of the molecule is CCc1ccc(OCc2nnc(SCC(=O)Nc3ccc(I)cc3C(C)C)n2C)cc1. The van der Waals surface area contributed by atoms with Gasteiger partial charge in [-0.3, -0.25) is 4.79 Å². The first kappa shape index (κ1) is 23.6. The maximum atomic E-state index is 12.5. The zero-order chi connectivity index (χ0) is 22.4. The van der Waals surface area contributed by atoms with Gasteiger partial charge in [-0.25, -0.2) is 0 Å². The Morgan fingerprint density at radius 3 is 2.61 bits per heavy atom. The summed E-state index contributed by atoms with van der Waals surface area (Å²) in [5, 5.41) is 12.1. The number of aryl methyl sites for hydroxylation is 1. The standard InChI is InChI=1S/C23H27IN4O2S/c1-5-16-6-9-18(10-7-16)30-13-21-26-27-23(28(21)4)31-14-22(29)25-20-11-8-17(24)12-19(20)15(2)3/h6-12,15H,5,13-14H2,1-4H3,(H,25,29). The summed E-state index contributed by atoms with van der Waals surface area (Å²) in [5.74, 6) is 2.03. The van der Waals surface area contributed by atoms with Crippen LogP contribution in [0.15, 0.2) is 47.6 Å². The minimum atomic E-state index is -0.0649. The van der Waals surface area contributed by atoms with Crippen LogP contribution in [0.1, 0.15) is 43.6 Å². The fraction of sp³-hybridized carbons (Fsp3) is 0.348. The summed E-state index contributed by atoms with van der Waals surface area (Å²) in [6.07, 6.45) is 1.00. The van der Waals surface area contributed by atoms with E-state index in [2.05, 4.69) is 77.1 Å². The molecular formula is C23H27IN4O2S. The van der Waals surface area contributed by atoms with Crippen molar-refractivity contribution in [3.8, 4) is 5.75 Å². The summed E-state index contributed by atoms with van der Waals surface area (Å²) in [7, 11) is 1.88. The first-order valence-electron chi connectivity index (χ1n) is 10.2. The Balaban J connectivity index is 1.55. The lowest BCUT2D eigenvalue weighted by Crippen LogP contribution is -2.16. The highest BCUT2D eigenvalue weighted by Gasteiger charge is 2.14. The molecule has 2 aromatic carbocycles. The van der Waals surface area contributed by atoms with E-state index in [0.29, 0.717) is 23.5 Å². The molecule has 3 aromatic rings. The second-order valence-corrected chi connectivity index (χ2v) is 9.66. The van der Waals surface area contributed by atoms with Crippen LogP contribution in [0.3, 0.4) is 0 Å². The average molecular weight is 550 g/mol. The first-order chi connectivity index (χ1) is 14.9. The van der Waals surface area contributed by atoms with Gasteiger partial charge in [-0.2, -0.15) is 0 Å². The topological polar surface area (TPSA) is 69.0 Å². The number of anilines is 1. The molecular weight excluding hydrogens is 523 g/mol. The van der Waals surface area contributed by atoms with Gasteiger partial charge in [0.25, 0.3) is 0 Å². The molecule has 31 heavy (non-hydrogen) atoms. The molecule has 0 saturated carbocycles. The monoisotopic (exact) mass is 550 g/mol. The number of hydrogen-bond acceptors (Lipinski definition) is 5. The van der Waals surface area contributed by atoms with E-state index >= 15 is 0 Å². The predicted molar refractivity (Wildman–Crippen MR) is 134 cm³/mol. The molecule has 0 radical (unpaired) electrons. The van der Waals surface area contributed by atoms with Gasteiger partial charge in [0, 0.05) is 16.3 Å². The number of nitrogens with zero attached hydrogens (tertiary/aromatic N) is 3. The number of aromatic nitrogens is 3. The Hall–Kier alpha value is -2.07. The number of carbonyl (C=O) groups is 1. The third-order valence-electron chi connectivity index (χ3n) is 4.87. The molecule has 0 aliphatic carbocycles. The lowest BCUT2D eigenvalue weighted by Gasteiger charge is -2.14. The summed E-state index contributed by atoms with van der Waals surface area (Å²) in [5.41, 5.74) is 3.27. The summed E-state index contributed by atoms with van der Waals surface area (Å²) < 4.78 is 8.84. The predicted octanol–water partition coefficient (Wildman–Crippen LogP) is 5.42. The average Bonchev–Trinajstić information content (AvgIpc) is 3.11. The summed E-state index contributed by atoms with van der Waals surface area (Å²) >= 11 is 3.65. The number of hydrogen-bond donors (Lipinski definition) is 1. The van der Waals surface area contributed by atoms with Crippen LogP contribution in [0.4, 0.5) is 5.69 Å². The molecule has 0 spiro atoms. The van der Waals surface area contributed by atoms with Crippen LogP contribution in [0, 0.1) is 3.57 Å². The maximum absolute atomic E-state index is 12.5. The number of thioether (sulfide) groups is 1. The number of ether oxygens (including phenoxy) is 1. The van der Waals surface area contributed by atoms with E-state index in [1.54, 1.807) is 0 Å². The highest BCUT2D eigenvalue weighted by atomic mass is 127. The number of amides is 1. The van der Waals surface area contributed by atoms with Crippen molar-refractivity contribution in [3.63, 3.8) is 0 Å². The van der Waals surface area contributed by atoms with Gasteiger partial charge >= 0.3 is 0 Å². The third-order valence-corrected chi connectivity index (χ3v) is 6.56. The van der Waals surface area contributed by atoms with Crippen LogP contribution >= 0.6 is 34.4 Å². The van der Waals surface area contributed by atoms with Gasteiger partial charge in [0.2, 0.25) is 5.91 Å². The summed E-state index contributed by atoms with van der Waals surface area (Å²) in [6.45, 7) is 6.69. The van der Waals surface area contributed by atoms with Crippen molar-refractivity contribution in [2.24, 2.45) is 7.05 Å². The minimum Gasteiger partial charge on any atom is -0.486 e. The van der Waals surface area contributed by atoms with Crippen LogP contribution in [-0.2, 0) is 24.9 Å². The number of carbonyl (C=O) groups excluding carboxylic acids is 1. The Labute approximate surface area is 201 Å². The molecule has 0 bridgehead atoms. The Kier molecular flexibility index (Phi) is 8.36. The fourth-order valence-electron chi connectivity index (χ4n) is 3.01. The molecule has 8 heteroatoms. The zero-order valence-electron chi connectivity index (χ0n) is 18.2. The largest absolute Gasteiger partial charge is 0.486 e. The molecule has 0 aliphatic heterocycles. The smallest absolute Gasteiger partial charge is 0.234 e. The third kappa shape index (κ3) is 6.46. The molecule has 0 fully saturated rings. The molecule has 1 amide bonds. The maximum Gasteiger partial charge on any atom is 0.234 e. The van der Waals surface area contributed by atoms with Gasteiger partial charge in [-0.1, -0.05) is 44.7 Å². The number of halogens is 1. The van der Waals surface area contributed by atoms with E-state index in [1.165, 1.54) is 17.3 Å². The second kappa shape index (κ2) is 11.0. The molecule has 0 saturated heterocycles. The summed E-state index contributed by atoms with van der Waals surface area (Å²) in [4.78, 5) is 12.5. The zero-order valence-corrected chi connectivity index (χ0v) is 21.2. The molecule has 0 unspecified atom stereocenters. The molecule has 0 aliphatic rings. The van der Waals surface area contributed by atoms with E-state index in [4.69, 9.17) is 4.74 Å². The van der Waals surface area contributed by atoms with Crippen LogP contribution in [-0.4, -0.2) is 26.4 Å². The van der Waals surface area contributed by atoms with Crippen LogP contribution in [0.25, 0.3) is 0 Å². The second-order valence-electron chi connectivity index (χ2n) is 7.47. The van der Waals surface area contributed by atoms with Crippen LogP contribution < -0.4 is 10.1 Å². The van der Waals surface area contributed by atoms with Crippen molar-refractivity contribution < 1.29 is 9.53 Å². The molecule has 3 rings (SSSR count). The fourth-order valence-corrected chi connectivity index (χ4v) is 4.25. The number of benzene rings is 2. The Morgan fingerprint density at radius 1 is 1.19 bits per heavy atom. The lowest BCUT2D eigenvalue weighted by atomic mass is 10.0. The van der Waals surface area contributed by atoms with E-state index < -0.39 is 0 Å². The van der Waals surface area contributed by atoms with Crippen molar-refractivity contribution in [1.82, 2.24) is 14.8 Å². The highest BCUT2D eigenvalue weighted by Crippen LogP contribution is 2.27. The minimum absolute atomic E-state index is 0.0649. The normalized spacial score (nSPS) is 11.0. The number of rotatable bonds is 9. The van der Waals surface area contributed by atoms with E-state index in [-0.39, 0.29) is 11.7 Å². The first-order valence-corrected chi connectivity index (χ1v) is 12.3. The van der Waals surface area contributed by atoms with Gasteiger partial charge in [0.05, 0.1) is 5.75 Å².